The van der Waals surface area contributed by atoms with Crippen molar-refractivity contribution in [1.82, 2.24) is 4.57 Å². The first-order valence-electron chi connectivity index (χ1n) is 25.1. The van der Waals surface area contributed by atoms with Crippen LogP contribution in [-0.4, -0.2) is 4.57 Å². The SMILES string of the molecule is CC1(C)c2ccccc2-c2ccc(-n3c4ccccc4c4c(-c5cccc(-c6ccccc6CN(c6ccc(-c7ccccc7)cc6)c6ccc(-c7ccc(-c8ccccc8)cc7)cc6)c5)cccc43)cc21. The standard InChI is InChI=1S/C70H52N2/c1-70(2)65-28-13-11-25-62(65)63-44-43-59(46-66(63)70)72-67-29-14-12-26-64(67)69-61(27-16-30-68(69)72)55-23-15-22-54(45-55)60-24-10-9-21-56(60)47-71(57-39-35-52(36-40-57)49-19-7-4-8-20-49)58-41-37-53(38-42-58)51-33-31-50(32-34-51)48-17-5-3-6-18-48/h3-46H,47H2,1-2H3. The summed E-state index contributed by atoms with van der Waals surface area (Å²) in [4.78, 5) is 2.45. The van der Waals surface area contributed by atoms with Crippen LogP contribution in [-0.2, 0) is 12.0 Å². The molecule has 0 unspecified atom stereocenters. The molecule has 0 N–H and O–H groups in total. The minimum absolute atomic E-state index is 0.0895. The fourth-order valence-electron chi connectivity index (χ4n) is 11.4. The summed E-state index contributed by atoms with van der Waals surface area (Å²) in [5.74, 6) is 0. The van der Waals surface area contributed by atoms with Crippen LogP contribution >= 0.6 is 0 Å². The highest BCUT2D eigenvalue weighted by Gasteiger charge is 2.35. The first kappa shape index (κ1) is 43.1. The number of fused-ring (bicyclic) bond motifs is 6. The zero-order valence-electron chi connectivity index (χ0n) is 40.5. The van der Waals surface area contributed by atoms with Gasteiger partial charge >= 0.3 is 0 Å². The summed E-state index contributed by atoms with van der Waals surface area (Å²) in [7, 11) is 0. The van der Waals surface area contributed by atoms with E-state index in [-0.39, 0.29) is 5.41 Å². The van der Waals surface area contributed by atoms with E-state index in [1.165, 1.54) is 111 Å². The van der Waals surface area contributed by atoms with E-state index >= 15 is 0 Å². The summed E-state index contributed by atoms with van der Waals surface area (Å²) in [5, 5.41) is 2.52. The fraction of sp³-hybridized carbons (Fsp3) is 0.0571. The third kappa shape index (κ3) is 7.52. The lowest BCUT2D eigenvalue weighted by Gasteiger charge is -2.27. The van der Waals surface area contributed by atoms with Gasteiger partial charge in [0, 0.05) is 39.8 Å². The Bertz CT molecular complexity index is 3940. The van der Waals surface area contributed by atoms with Crippen LogP contribution in [0.2, 0.25) is 0 Å². The molecule has 0 bridgehead atoms. The second-order valence-corrected chi connectivity index (χ2v) is 19.7. The Labute approximate surface area is 422 Å². The van der Waals surface area contributed by atoms with Crippen LogP contribution < -0.4 is 4.90 Å². The van der Waals surface area contributed by atoms with Gasteiger partial charge in [-0.1, -0.05) is 226 Å². The van der Waals surface area contributed by atoms with E-state index in [2.05, 4.69) is 290 Å². The maximum Gasteiger partial charge on any atom is 0.0547 e. The zero-order valence-corrected chi connectivity index (χ0v) is 40.5. The number of hydrogen-bond donors (Lipinski definition) is 0. The molecule has 0 saturated carbocycles. The van der Waals surface area contributed by atoms with Gasteiger partial charge in [0.25, 0.3) is 0 Å². The van der Waals surface area contributed by atoms with Crippen molar-refractivity contribution in [2.75, 3.05) is 4.90 Å². The van der Waals surface area contributed by atoms with Gasteiger partial charge in [-0.05, 0) is 138 Å². The summed E-state index contributed by atoms with van der Waals surface area (Å²) in [5.41, 5.74) is 24.6. The van der Waals surface area contributed by atoms with Crippen molar-refractivity contribution in [3.8, 4) is 72.4 Å². The number of para-hydroxylation sites is 1. The van der Waals surface area contributed by atoms with E-state index in [1.54, 1.807) is 0 Å². The molecule has 2 heteroatoms. The van der Waals surface area contributed by atoms with Crippen molar-refractivity contribution in [1.29, 1.82) is 0 Å². The molecular weight excluding hydrogens is 869 g/mol. The van der Waals surface area contributed by atoms with Crippen molar-refractivity contribution in [3.63, 3.8) is 0 Å². The molecule has 13 rings (SSSR count). The molecule has 12 aromatic rings. The second-order valence-electron chi connectivity index (χ2n) is 19.7. The van der Waals surface area contributed by atoms with Gasteiger partial charge in [0.05, 0.1) is 11.0 Å². The van der Waals surface area contributed by atoms with E-state index in [4.69, 9.17) is 0 Å². The monoisotopic (exact) mass is 920 g/mol. The Kier molecular flexibility index (Phi) is 10.6. The summed E-state index contributed by atoms with van der Waals surface area (Å²) in [6, 6.07) is 98.0. The summed E-state index contributed by atoms with van der Waals surface area (Å²) >= 11 is 0. The Hall–Kier alpha value is -8.98. The Balaban J connectivity index is 0.868. The Morgan fingerprint density at radius 3 is 1.44 bits per heavy atom. The van der Waals surface area contributed by atoms with Crippen molar-refractivity contribution >= 4 is 33.2 Å². The van der Waals surface area contributed by atoms with E-state index in [0.29, 0.717) is 6.54 Å². The van der Waals surface area contributed by atoms with Crippen LogP contribution in [0.1, 0.15) is 30.5 Å². The van der Waals surface area contributed by atoms with Crippen molar-refractivity contribution in [2.24, 2.45) is 0 Å². The molecule has 0 amide bonds. The van der Waals surface area contributed by atoms with E-state index in [0.717, 1.165) is 11.4 Å². The topological polar surface area (TPSA) is 8.17 Å². The number of aromatic nitrogens is 1. The highest BCUT2D eigenvalue weighted by molar-refractivity contribution is 6.16. The number of nitrogens with zero attached hydrogens (tertiary/aromatic N) is 2. The second kappa shape index (κ2) is 17.8. The molecule has 0 atom stereocenters. The average molecular weight is 921 g/mol. The van der Waals surface area contributed by atoms with E-state index < -0.39 is 0 Å². The molecule has 11 aromatic carbocycles. The summed E-state index contributed by atoms with van der Waals surface area (Å²) in [6.45, 7) is 5.41. The highest BCUT2D eigenvalue weighted by atomic mass is 15.1. The van der Waals surface area contributed by atoms with Crippen LogP contribution in [0, 0.1) is 0 Å². The molecule has 0 aliphatic heterocycles. The van der Waals surface area contributed by atoms with Crippen LogP contribution in [0.15, 0.2) is 267 Å². The highest BCUT2D eigenvalue weighted by Crippen LogP contribution is 2.50. The van der Waals surface area contributed by atoms with Gasteiger partial charge in [-0.3, -0.25) is 0 Å². The van der Waals surface area contributed by atoms with Crippen LogP contribution in [0.4, 0.5) is 11.4 Å². The van der Waals surface area contributed by atoms with Crippen molar-refractivity contribution < 1.29 is 0 Å². The predicted molar refractivity (Wildman–Crippen MR) is 304 cm³/mol. The number of benzene rings is 11. The molecule has 1 heterocycles. The number of hydrogen-bond acceptors (Lipinski definition) is 1. The molecule has 2 nitrogen and oxygen atoms in total. The summed E-state index contributed by atoms with van der Waals surface area (Å²) < 4.78 is 2.47. The van der Waals surface area contributed by atoms with Gasteiger partial charge in [0.2, 0.25) is 0 Å². The van der Waals surface area contributed by atoms with Crippen LogP contribution in [0.3, 0.4) is 0 Å². The van der Waals surface area contributed by atoms with Gasteiger partial charge < -0.3 is 9.47 Å². The lowest BCUT2D eigenvalue weighted by Crippen LogP contribution is -2.17. The lowest BCUT2D eigenvalue weighted by atomic mass is 9.82. The van der Waals surface area contributed by atoms with Gasteiger partial charge in [0.15, 0.2) is 0 Å². The summed E-state index contributed by atoms with van der Waals surface area (Å²) in [6.07, 6.45) is 0. The quantitative estimate of drug-likeness (QED) is 0.133. The van der Waals surface area contributed by atoms with Crippen molar-refractivity contribution in [3.05, 3.63) is 284 Å². The third-order valence-electron chi connectivity index (χ3n) is 15.1. The maximum atomic E-state index is 2.47. The van der Waals surface area contributed by atoms with Crippen molar-refractivity contribution in [2.45, 2.75) is 25.8 Å². The third-order valence-corrected chi connectivity index (χ3v) is 15.1. The molecule has 1 aromatic heterocycles. The molecule has 1 aliphatic carbocycles. The zero-order chi connectivity index (χ0) is 48.2. The fourth-order valence-corrected chi connectivity index (χ4v) is 11.4. The average Bonchev–Trinajstić information content (AvgIpc) is 3.91. The van der Waals surface area contributed by atoms with E-state index in [9.17, 15) is 0 Å². The van der Waals surface area contributed by atoms with Gasteiger partial charge in [-0.15, -0.1) is 0 Å². The minimum atomic E-state index is -0.0895. The Morgan fingerprint density at radius 1 is 0.333 bits per heavy atom. The molecular formula is C70H52N2. The molecule has 0 fully saturated rings. The normalized spacial score (nSPS) is 12.5. The smallest absolute Gasteiger partial charge is 0.0547 e. The number of anilines is 2. The first-order valence-corrected chi connectivity index (χ1v) is 25.1. The lowest BCUT2D eigenvalue weighted by molar-refractivity contribution is 0.660. The van der Waals surface area contributed by atoms with E-state index in [1.807, 2.05) is 0 Å². The van der Waals surface area contributed by atoms with Gasteiger partial charge in [-0.2, -0.15) is 0 Å². The predicted octanol–water partition coefficient (Wildman–Crippen LogP) is 18.8. The molecule has 342 valence electrons. The minimum Gasteiger partial charge on any atom is -0.337 e. The molecule has 0 spiro atoms. The Morgan fingerprint density at radius 2 is 0.792 bits per heavy atom. The van der Waals surface area contributed by atoms with Gasteiger partial charge in [-0.25, -0.2) is 0 Å². The van der Waals surface area contributed by atoms with Gasteiger partial charge in [0.1, 0.15) is 0 Å². The number of rotatable bonds is 10. The van der Waals surface area contributed by atoms with Crippen LogP contribution in [0.5, 0.6) is 0 Å². The largest absolute Gasteiger partial charge is 0.337 e. The molecule has 72 heavy (non-hydrogen) atoms. The van der Waals surface area contributed by atoms with Crippen LogP contribution in [0.25, 0.3) is 94.3 Å². The molecule has 0 saturated heterocycles. The molecule has 0 radical (unpaired) electrons. The molecule has 1 aliphatic rings. The first-order chi connectivity index (χ1) is 35.5. The maximum absolute atomic E-state index is 2.47.